The van der Waals surface area contributed by atoms with E-state index >= 15 is 0 Å². The Labute approximate surface area is 171 Å². The van der Waals surface area contributed by atoms with Crippen LogP contribution in [0.25, 0.3) is 0 Å². The van der Waals surface area contributed by atoms with E-state index in [9.17, 15) is 9.59 Å². The number of carbonyl (C=O) groups is 2. The molecule has 0 aliphatic rings. The molecular formula is C24H38O4. The molecule has 28 heavy (non-hydrogen) atoms. The lowest BCUT2D eigenvalue weighted by Crippen LogP contribution is -2.28. The topological polar surface area (TPSA) is 52.6 Å². The molecule has 0 radical (unpaired) electrons. The Hall–Kier alpha value is -1.84. The van der Waals surface area contributed by atoms with Crippen LogP contribution >= 0.6 is 0 Å². The maximum atomic E-state index is 12.6. The standard InChI is InChI=1S/C24H38O4/c1-5-6-7-8-9-10-14-17-21(18-22(25)28-24(2,3)4)23(26)27-19-20-15-12-11-13-16-20/h11-13,15-16,21H,5-10,14,17-19H2,1-4H3/t21-/m1/s1. The number of carbonyl (C=O) groups excluding carboxylic acids is 2. The van der Waals surface area contributed by atoms with Gasteiger partial charge in [0.25, 0.3) is 0 Å². The molecule has 0 N–H and O–H groups in total. The van der Waals surface area contributed by atoms with Gasteiger partial charge in [-0.2, -0.15) is 0 Å². The molecule has 0 saturated heterocycles. The van der Waals surface area contributed by atoms with Crippen LogP contribution in [0, 0.1) is 5.92 Å². The summed E-state index contributed by atoms with van der Waals surface area (Å²) in [5.41, 5.74) is 0.400. The maximum absolute atomic E-state index is 12.6. The summed E-state index contributed by atoms with van der Waals surface area (Å²) >= 11 is 0. The summed E-state index contributed by atoms with van der Waals surface area (Å²) < 4.78 is 10.9. The zero-order valence-corrected chi connectivity index (χ0v) is 18.2. The van der Waals surface area contributed by atoms with Crippen molar-refractivity contribution < 1.29 is 19.1 Å². The van der Waals surface area contributed by atoms with Gasteiger partial charge in [-0.25, -0.2) is 0 Å². The van der Waals surface area contributed by atoms with Crippen LogP contribution in [0.4, 0.5) is 0 Å². The fraction of sp³-hybridized carbons (Fsp3) is 0.667. The summed E-state index contributed by atoms with van der Waals surface area (Å²) in [7, 11) is 0. The molecule has 158 valence electrons. The van der Waals surface area contributed by atoms with Gasteiger partial charge in [0.05, 0.1) is 12.3 Å². The first-order valence-corrected chi connectivity index (χ1v) is 10.7. The van der Waals surface area contributed by atoms with Crippen molar-refractivity contribution in [2.75, 3.05) is 0 Å². The predicted molar refractivity (Wildman–Crippen MR) is 113 cm³/mol. The smallest absolute Gasteiger partial charge is 0.309 e. The largest absolute Gasteiger partial charge is 0.461 e. The van der Waals surface area contributed by atoms with Crippen LogP contribution in [0.3, 0.4) is 0 Å². The monoisotopic (exact) mass is 390 g/mol. The van der Waals surface area contributed by atoms with Crippen LogP contribution in [-0.4, -0.2) is 17.5 Å². The Bertz CT molecular complexity index is 560. The Morgan fingerprint density at radius 3 is 2.14 bits per heavy atom. The molecule has 1 rings (SSSR count). The van der Waals surface area contributed by atoms with Gasteiger partial charge in [-0.3, -0.25) is 9.59 Å². The van der Waals surface area contributed by atoms with Gasteiger partial charge in [0.2, 0.25) is 0 Å². The van der Waals surface area contributed by atoms with E-state index < -0.39 is 11.5 Å². The number of ether oxygens (including phenoxy) is 2. The van der Waals surface area contributed by atoms with Crippen molar-refractivity contribution in [2.45, 2.75) is 97.7 Å². The highest BCUT2D eigenvalue weighted by Crippen LogP contribution is 2.20. The molecule has 0 bridgehead atoms. The molecule has 4 heteroatoms. The Morgan fingerprint density at radius 1 is 0.929 bits per heavy atom. The lowest BCUT2D eigenvalue weighted by molar-refractivity contribution is -0.162. The first-order chi connectivity index (χ1) is 13.3. The highest BCUT2D eigenvalue weighted by molar-refractivity contribution is 5.80. The van der Waals surface area contributed by atoms with Crippen LogP contribution in [0.15, 0.2) is 30.3 Å². The number of benzene rings is 1. The first kappa shape index (κ1) is 24.2. The summed E-state index contributed by atoms with van der Waals surface area (Å²) in [6, 6.07) is 9.61. The van der Waals surface area contributed by atoms with Crippen molar-refractivity contribution in [3.63, 3.8) is 0 Å². The van der Waals surface area contributed by atoms with E-state index in [1.54, 1.807) is 0 Å². The molecular weight excluding hydrogens is 352 g/mol. The van der Waals surface area contributed by atoms with E-state index in [0.29, 0.717) is 6.42 Å². The van der Waals surface area contributed by atoms with Gasteiger partial charge in [0.1, 0.15) is 12.2 Å². The Morgan fingerprint density at radius 2 is 1.54 bits per heavy atom. The lowest BCUT2D eigenvalue weighted by atomic mass is 9.97. The van der Waals surface area contributed by atoms with Gasteiger partial charge in [-0.05, 0) is 32.8 Å². The van der Waals surface area contributed by atoms with Gasteiger partial charge in [0.15, 0.2) is 0 Å². The van der Waals surface area contributed by atoms with Crippen molar-refractivity contribution in [1.29, 1.82) is 0 Å². The average molecular weight is 391 g/mol. The van der Waals surface area contributed by atoms with Crippen LogP contribution in [0.1, 0.15) is 91.0 Å². The SMILES string of the molecule is CCCCCCCCC[C@H](CC(=O)OC(C)(C)C)C(=O)OCc1ccccc1. The summed E-state index contributed by atoms with van der Waals surface area (Å²) in [5.74, 6) is -1.08. The summed E-state index contributed by atoms with van der Waals surface area (Å²) in [6.07, 6.45) is 8.98. The predicted octanol–water partition coefficient (Wildman–Crippen LogP) is 6.22. The van der Waals surface area contributed by atoms with Gasteiger partial charge in [-0.15, -0.1) is 0 Å². The highest BCUT2D eigenvalue weighted by atomic mass is 16.6. The molecule has 0 fully saturated rings. The first-order valence-electron chi connectivity index (χ1n) is 10.7. The van der Waals surface area contributed by atoms with Crippen LogP contribution in [-0.2, 0) is 25.7 Å². The molecule has 0 amide bonds. The summed E-state index contributed by atoms with van der Waals surface area (Å²) in [4.78, 5) is 24.8. The molecule has 0 heterocycles. The zero-order chi connectivity index (χ0) is 20.8. The van der Waals surface area contributed by atoms with E-state index in [2.05, 4.69) is 6.92 Å². The van der Waals surface area contributed by atoms with Crippen molar-refractivity contribution in [3.05, 3.63) is 35.9 Å². The number of esters is 2. The number of rotatable bonds is 13. The Kier molecular flexibility index (Phi) is 11.5. The van der Waals surface area contributed by atoms with E-state index in [4.69, 9.17) is 9.47 Å². The molecule has 1 aromatic carbocycles. The van der Waals surface area contributed by atoms with Crippen molar-refractivity contribution >= 4 is 11.9 Å². The number of hydrogen-bond acceptors (Lipinski definition) is 4. The maximum Gasteiger partial charge on any atom is 0.309 e. The summed E-state index contributed by atoms with van der Waals surface area (Å²) in [6.45, 7) is 7.96. The molecule has 1 aromatic rings. The molecule has 0 aromatic heterocycles. The quantitative estimate of drug-likeness (QED) is 0.296. The van der Waals surface area contributed by atoms with Gasteiger partial charge in [0, 0.05) is 0 Å². The molecule has 0 saturated carbocycles. The third-order valence-electron chi connectivity index (χ3n) is 4.55. The molecule has 4 nitrogen and oxygen atoms in total. The minimum Gasteiger partial charge on any atom is -0.461 e. The van der Waals surface area contributed by atoms with E-state index in [1.165, 1.54) is 32.1 Å². The molecule has 0 aliphatic heterocycles. The fourth-order valence-corrected chi connectivity index (χ4v) is 3.08. The lowest BCUT2D eigenvalue weighted by Gasteiger charge is -2.22. The Balaban J connectivity index is 2.50. The minimum absolute atomic E-state index is 0.0841. The third-order valence-corrected chi connectivity index (χ3v) is 4.55. The average Bonchev–Trinajstić information content (AvgIpc) is 2.63. The van der Waals surface area contributed by atoms with Crippen LogP contribution in [0.2, 0.25) is 0 Å². The van der Waals surface area contributed by atoms with E-state index in [1.807, 2.05) is 51.1 Å². The zero-order valence-electron chi connectivity index (χ0n) is 18.2. The normalized spacial score (nSPS) is 12.4. The van der Waals surface area contributed by atoms with E-state index in [0.717, 1.165) is 18.4 Å². The second-order valence-electron chi connectivity index (χ2n) is 8.49. The van der Waals surface area contributed by atoms with Gasteiger partial charge in [-0.1, -0.05) is 82.2 Å². The molecule has 0 aliphatic carbocycles. The second kappa shape index (κ2) is 13.4. The molecule has 1 atom stereocenters. The number of unbranched alkanes of at least 4 members (excludes halogenated alkanes) is 6. The van der Waals surface area contributed by atoms with Crippen molar-refractivity contribution in [2.24, 2.45) is 5.92 Å². The van der Waals surface area contributed by atoms with Crippen LogP contribution < -0.4 is 0 Å². The van der Waals surface area contributed by atoms with Gasteiger partial charge < -0.3 is 9.47 Å². The second-order valence-corrected chi connectivity index (χ2v) is 8.49. The van der Waals surface area contributed by atoms with Crippen molar-refractivity contribution in [3.8, 4) is 0 Å². The molecule has 0 unspecified atom stereocenters. The third kappa shape index (κ3) is 11.8. The number of hydrogen-bond donors (Lipinski definition) is 0. The van der Waals surface area contributed by atoms with E-state index in [-0.39, 0.29) is 25.0 Å². The van der Waals surface area contributed by atoms with Gasteiger partial charge >= 0.3 is 11.9 Å². The minimum atomic E-state index is -0.547. The molecule has 0 spiro atoms. The summed E-state index contributed by atoms with van der Waals surface area (Å²) in [5, 5.41) is 0. The highest BCUT2D eigenvalue weighted by Gasteiger charge is 2.26. The van der Waals surface area contributed by atoms with Crippen molar-refractivity contribution in [1.82, 2.24) is 0 Å². The van der Waals surface area contributed by atoms with Crippen LogP contribution in [0.5, 0.6) is 0 Å². The fourth-order valence-electron chi connectivity index (χ4n) is 3.08.